The molecule has 0 saturated carbocycles. The van der Waals surface area contributed by atoms with Gasteiger partial charge in [-0.1, -0.05) is 29.3 Å². The van der Waals surface area contributed by atoms with Crippen molar-refractivity contribution in [3.8, 4) is 5.69 Å². The van der Waals surface area contributed by atoms with Crippen molar-refractivity contribution in [3.63, 3.8) is 0 Å². The lowest BCUT2D eigenvalue weighted by Gasteiger charge is -2.07. The molecule has 0 radical (unpaired) electrons. The minimum Gasteiger partial charge on any atom is -0.465 e. The van der Waals surface area contributed by atoms with E-state index in [1.165, 1.54) is 12.4 Å². The van der Waals surface area contributed by atoms with E-state index in [2.05, 4.69) is 30.7 Å². The first-order valence-corrected chi connectivity index (χ1v) is 9.06. The monoisotopic (exact) mass is 429 g/mol. The summed E-state index contributed by atoms with van der Waals surface area (Å²) in [6, 6.07) is 6.68. The van der Waals surface area contributed by atoms with Crippen molar-refractivity contribution in [1.82, 2.24) is 24.7 Å². The van der Waals surface area contributed by atoms with Gasteiger partial charge in [0, 0.05) is 18.5 Å². The molecule has 0 unspecified atom stereocenters. The molecule has 11 heteroatoms. The topological polar surface area (TPSA) is 118 Å². The van der Waals surface area contributed by atoms with Gasteiger partial charge in [-0.15, -0.1) is 0 Å². The Morgan fingerprint density at radius 3 is 2.59 bits per heavy atom. The Morgan fingerprint density at radius 2 is 1.86 bits per heavy atom. The van der Waals surface area contributed by atoms with Crippen LogP contribution in [-0.2, 0) is 0 Å². The Labute approximate surface area is 174 Å². The highest BCUT2D eigenvalue weighted by Gasteiger charge is 2.15. The lowest BCUT2D eigenvalue weighted by Crippen LogP contribution is -2.09. The molecule has 0 saturated heterocycles. The molecule has 4 rings (SSSR count). The van der Waals surface area contributed by atoms with Crippen LogP contribution >= 0.6 is 23.2 Å². The van der Waals surface area contributed by atoms with E-state index in [0.29, 0.717) is 38.3 Å². The Hall–Kier alpha value is -3.43. The summed E-state index contributed by atoms with van der Waals surface area (Å²) in [7, 11) is 0. The number of aromatic nitrogens is 5. The first-order valence-electron chi connectivity index (χ1n) is 8.31. The lowest BCUT2D eigenvalue weighted by atomic mass is 10.2. The molecule has 29 heavy (non-hydrogen) atoms. The predicted octanol–water partition coefficient (Wildman–Crippen LogP) is 4.66. The Balaban J connectivity index is 1.78. The van der Waals surface area contributed by atoms with Crippen molar-refractivity contribution < 1.29 is 9.90 Å². The number of benzene rings is 1. The van der Waals surface area contributed by atoms with Gasteiger partial charge in [0.1, 0.15) is 35.0 Å². The molecule has 0 bridgehead atoms. The number of nitrogens with zero attached hydrogens (tertiary/aromatic N) is 5. The Morgan fingerprint density at radius 1 is 1.14 bits per heavy atom. The zero-order chi connectivity index (χ0) is 20.5. The van der Waals surface area contributed by atoms with Crippen molar-refractivity contribution in [1.29, 1.82) is 0 Å². The standard InChI is InChI=1S/C18H13Cl2N7O2/c1-9-6-21-17(24-13-5-14(23-8-22-13)25-18(28)29)10-7-27(26-15(9)10)16-11(19)3-2-4-12(16)20/h2-8H,1H3,(H,28,29)(H2,21,22,23,24,25). The van der Waals surface area contributed by atoms with E-state index < -0.39 is 6.09 Å². The predicted molar refractivity (Wildman–Crippen MR) is 111 cm³/mol. The summed E-state index contributed by atoms with van der Waals surface area (Å²) in [5, 5.41) is 20.3. The smallest absolute Gasteiger partial charge is 0.410 e. The van der Waals surface area contributed by atoms with Crippen molar-refractivity contribution in [2.45, 2.75) is 6.92 Å². The summed E-state index contributed by atoms with van der Waals surface area (Å²) >= 11 is 12.6. The van der Waals surface area contributed by atoms with Crippen LogP contribution in [-0.4, -0.2) is 35.9 Å². The average Bonchev–Trinajstić information content (AvgIpc) is 3.10. The molecule has 0 aliphatic heterocycles. The fourth-order valence-corrected chi connectivity index (χ4v) is 3.35. The number of pyridine rings is 1. The molecule has 3 N–H and O–H groups in total. The molecule has 1 aromatic carbocycles. The molecule has 146 valence electrons. The maximum atomic E-state index is 10.8. The highest BCUT2D eigenvalue weighted by molar-refractivity contribution is 6.37. The zero-order valence-electron chi connectivity index (χ0n) is 14.9. The molecule has 9 nitrogen and oxygen atoms in total. The molecule has 0 spiro atoms. The molecule has 3 aromatic heterocycles. The Kier molecular flexibility index (Phi) is 4.91. The number of carbonyl (C=O) groups is 1. The molecular formula is C18H13Cl2N7O2. The van der Waals surface area contributed by atoms with E-state index in [1.54, 1.807) is 35.3 Å². The number of amides is 1. The highest BCUT2D eigenvalue weighted by Crippen LogP contribution is 2.32. The second-order valence-electron chi connectivity index (χ2n) is 6.04. The van der Waals surface area contributed by atoms with Gasteiger partial charge in [0.05, 0.1) is 15.4 Å². The van der Waals surface area contributed by atoms with Crippen molar-refractivity contribution in [2.75, 3.05) is 10.6 Å². The fourth-order valence-electron chi connectivity index (χ4n) is 2.78. The van der Waals surface area contributed by atoms with Crippen molar-refractivity contribution >= 4 is 57.7 Å². The molecule has 4 aromatic rings. The minimum absolute atomic E-state index is 0.136. The van der Waals surface area contributed by atoms with Crippen LogP contribution in [0.2, 0.25) is 10.0 Å². The fraction of sp³-hybridized carbons (Fsp3) is 0.0556. The highest BCUT2D eigenvalue weighted by atomic mass is 35.5. The third-order valence-corrected chi connectivity index (χ3v) is 4.66. The van der Waals surface area contributed by atoms with Crippen LogP contribution in [0.25, 0.3) is 16.6 Å². The van der Waals surface area contributed by atoms with Gasteiger partial charge in [-0.3, -0.25) is 5.32 Å². The molecule has 1 amide bonds. The molecule has 3 heterocycles. The number of rotatable bonds is 4. The van der Waals surface area contributed by atoms with Crippen LogP contribution in [0.4, 0.5) is 22.2 Å². The summed E-state index contributed by atoms with van der Waals surface area (Å²) < 4.78 is 1.60. The second kappa shape index (κ2) is 7.53. The number of hydrogen-bond donors (Lipinski definition) is 3. The van der Waals surface area contributed by atoms with Crippen LogP contribution in [0.1, 0.15) is 5.56 Å². The number of nitrogens with one attached hydrogen (secondary N) is 2. The SMILES string of the molecule is Cc1cnc(Nc2cc(NC(=O)O)ncn2)c2cn(-c3c(Cl)cccc3Cl)nc12. The van der Waals surface area contributed by atoms with E-state index in [1.807, 2.05) is 6.92 Å². The van der Waals surface area contributed by atoms with E-state index in [0.717, 1.165) is 5.56 Å². The third-order valence-electron chi connectivity index (χ3n) is 4.05. The van der Waals surface area contributed by atoms with Gasteiger partial charge < -0.3 is 10.4 Å². The first kappa shape index (κ1) is 18.9. The van der Waals surface area contributed by atoms with Gasteiger partial charge in [-0.2, -0.15) is 5.10 Å². The molecular weight excluding hydrogens is 417 g/mol. The van der Waals surface area contributed by atoms with E-state index in [-0.39, 0.29) is 5.82 Å². The maximum Gasteiger partial charge on any atom is 0.410 e. The number of anilines is 3. The van der Waals surface area contributed by atoms with E-state index >= 15 is 0 Å². The van der Waals surface area contributed by atoms with Crippen LogP contribution in [0.15, 0.2) is 43.0 Å². The minimum atomic E-state index is -1.22. The maximum absolute atomic E-state index is 10.8. The van der Waals surface area contributed by atoms with Crippen LogP contribution in [0.3, 0.4) is 0 Å². The zero-order valence-corrected chi connectivity index (χ0v) is 16.4. The van der Waals surface area contributed by atoms with Gasteiger partial charge in [-0.25, -0.2) is 24.4 Å². The van der Waals surface area contributed by atoms with Crippen molar-refractivity contribution in [2.24, 2.45) is 0 Å². The van der Waals surface area contributed by atoms with Crippen LogP contribution < -0.4 is 10.6 Å². The summed E-state index contributed by atoms with van der Waals surface area (Å²) in [6.45, 7) is 1.89. The summed E-state index contributed by atoms with van der Waals surface area (Å²) in [5.41, 5.74) is 2.13. The van der Waals surface area contributed by atoms with Crippen LogP contribution in [0.5, 0.6) is 0 Å². The first-order chi connectivity index (χ1) is 13.9. The molecule has 0 fully saturated rings. The number of halogens is 2. The summed E-state index contributed by atoms with van der Waals surface area (Å²) in [5.74, 6) is 0.988. The molecule has 0 atom stereocenters. The number of aryl methyl sites for hydroxylation is 1. The number of para-hydroxylation sites is 1. The van der Waals surface area contributed by atoms with Crippen molar-refractivity contribution in [3.05, 3.63) is 58.6 Å². The molecule has 0 aliphatic carbocycles. The average molecular weight is 430 g/mol. The third kappa shape index (κ3) is 3.78. The number of fused-ring (bicyclic) bond motifs is 1. The Bertz CT molecular complexity index is 1220. The quantitative estimate of drug-likeness (QED) is 0.431. The summed E-state index contributed by atoms with van der Waals surface area (Å²) in [4.78, 5) is 23.2. The van der Waals surface area contributed by atoms with E-state index in [9.17, 15) is 4.79 Å². The van der Waals surface area contributed by atoms with Gasteiger partial charge in [0.25, 0.3) is 0 Å². The van der Waals surface area contributed by atoms with Gasteiger partial charge >= 0.3 is 6.09 Å². The normalized spacial score (nSPS) is 10.9. The van der Waals surface area contributed by atoms with Gasteiger partial charge in [0.15, 0.2) is 0 Å². The van der Waals surface area contributed by atoms with Crippen LogP contribution in [0, 0.1) is 6.92 Å². The second-order valence-corrected chi connectivity index (χ2v) is 6.85. The summed E-state index contributed by atoms with van der Waals surface area (Å²) in [6.07, 6.45) is 3.46. The number of hydrogen-bond acceptors (Lipinski definition) is 6. The van der Waals surface area contributed by atoms with Gasteiger partial charge in [-0.05, 0) is 24.6 Å². The lowest BCUT2D eigenvalue weighted by molar-refractivity contribution is 0.209. The molecule has 0 aliphatic rings. The largest absolute Gasteiger partial charge is 0.465 e. The van der Waals surface area contributed by atoms with Gasteiger partial charge in [0.2, 0.25) is 0 Å². The number of carboxylic acid groups (broad SMARTS) is 1. The van der Waals surface area contributed by atoms with E-state index in [4.69, 9.17) is 28.3 Å².